The monoisotopic (exact) mass is 228 g/mol. The van der Waals surface area contributed by atoms with Crippen LogP contribution < -0.4 is 5.32 Å². The van der Waals surface area contributed by atoms with Crippen molar-refractivity contribution in [2.24, 2.45) is 5.92 Å². The van der Waals surface area contributed by atoms with Crippen molar-refractivity contribution >= 4 is 5.91 Å². The smallest absolute Gasteiger partial charge is 0.248 e. The molecule has 0 aliphatic carbocycles. The molecular formula is C12H24N2O2. The largest absolute Gasteiger partial charge is 0.372 e. The summed E-state index contributed by atoms with van der Waals surface area (Å²) in [5.41, 5.74) is 0. The van der Waals surface area contributed by atoms with Crippen molar-refractivity contribution in [2.75, 3.05) is 33.3 Å². The van der Waals surface area contributed by atoms with E-state index in [4.69, 9.17) is 4.74 Å². The number of nitrogens with one attached hydrogen (secondary N) is 1. The Kier molecular flexibility index (Phi) is 5.77. The van der Waals surface area contributed by atoms with Gasteiger partial charge >= 0.3 is 0 Å². The first-order chi connectivity index (χ1) is 7.63. The summed E-state index contributed by atoms with van der Waals surface area (Å²) in [6, 6.07) is 0. The third-order valence-electron chi connectivity index (χ3n) is 3.12. The van der Waals surface area contributed by atoms with Gasteiger partial charge in [0.15, 0.2) is 0 Å². The summed E-state index contributed by atoms with van der Waals surface area (Å²) in [6.45, 7) is 8.20. The Morgan fingerprint density at radius 1 is 1.38 bits per heavy atom. The maximum atomic E-state index is 11.5. The number of hydrogen-bond donors (Lipinski definition) is 1. The quantitative estimate of drug-likeness (QED) is 0.733. The molecule has 2 unspecified atom stereocenters. The lowest BCUT2D eigenvalue weighted by Gasteiger charge is -2.21. The lowest BCUT2D eigenvalue weighted by atomic mass is 10.1. The average Bonchev–Trinajstić information content (AvgIpc) is 2.77. The van der Waals surface area contributed by atoms with Gasteiger partial charge in [0.05, 0.1) is 0 Å². The summed E-state index contributed by atoms with van der Waals surface area (Å²) in [5.74, 6) is 0.488. The van der Waals surface area contributed by atoms with E-state index in [-0.39, 0.29) is 12.0 Å². The molecule has 0 bridgehead atoms. The van der Waals surface area contributed by atoms with Crippen LogP contribution in [0.5, 0.6) is 0 Å². The van der Waals surface area contributed by atoms with Crippen LogP contribution in [0.25, 0.3) is 0 Å². The van der Waals surface area contributed by atoms with E-state index in [1.54, 1.807) is 14.0 Å². The van der Waals surface area contributed by atoms with E-state index in [2.05, 4.69) is 17.1 Å². The predicted octanol–water partition coefficient (Wildman–Crippen LogP) is 0.869. The Morgan fingerprint density at radius 2 is 2.00 bits per heavy atom. The lowest BCUT2D eigenvalue weighted by Crippen LogP contribution is -2.39. The molecule has 1 N–H and O–H groups in total. The molecule has 2 atom stereocenters. The van der Waals surface area contributed by atoms with Crippen molar-refractivity contribution in [3.8, 4) is 0 Å². The first kappa shape index (κ1) is 13.5. The zero-order valence-electron chi connectivity index (χ0n) is 10.7. The normalized spacial score (nSPS) is 20.7. The van der Waals surface area contributed by atoms with Crippen molar-refractivity contribution in [2.45, 2.75) is 32.8 Å². The van der Waals surface area contributed by atoms with E-state index in [0.717, 1.165) is 13.1 Å². The third kappa shape index (κ3) is 4.49. The van der Waals surface area contributed by atoms with Gasteiger partial charge in [-0.2, -0.15) is 0 Å². The van der Waals surface area contributed by atoms with Gasteiger partial charge in [-0.25, -0.2) is 0 Å². The highest BCUT2D eigenvalue weighted by molar-refractivity contribution is 5.80. The summed E-state index contributed by atoms with van der Waals surface area (Å²) in [6.07, 6.45) is 2.29. The molecule has 1 heterocycles. The van der Waals surface area contributed by atoms with Crippen molar-refractivity contribution in [1.29, 1.82) is 0 Å². The molecule has 0 saturated carbocycles. The fourth-order valence-electron chi connectivity index (χ4n) is 2.00. The fraction of sp³-hybridized carbons (Fsp3) is 0.917. The maximum absolute atomic E-state index is 11.5. The topological polar surface area (TPSA) is 41.6 Å². The van der Waals surface area contributed by atoms with Crippen LogP contribution in [0.3, 0.4) is 0 Å². The van der Waals surface area contributed by atoms with Crippen LogP contribution in [0, 0.1) is 5.92 Å². The summed E-state index contributed by atoms with van der Waals surface area (Å²) in [7, 11) is 1.55. The minimum absolute atomic E-state index is 0.0178. The van der Waals surface area contributed by atoms with Crippen molar-refractivity contribution in [1.82, 2.24) is 10.2 Å². The molecule has 4 heteroatoms. The summed E-state index contributed by atoms with van der Waals surface area (Å²) in [4.78, 5) is 13.9. The van der Waals surface area contributed by atoms with Gasteiger partial charge in [0, 0.05) is 20.2 Å². The van der Waals surface area contributed by atoms with E-state index in [1.807, 2.05) is 0 Å². The number of amides is 1. The summed E-state index contributed by atoms with van der Waals surface area (Å²) < 4.78 is 4.96. The van der Waals surface area contributed by atoms with Gasteiger partial charge < -0.3 is 15.0 Å². The standard InChI is InChI=1S/C12H24N2O2/c1-10(9-14-6-4-5-7-14)8-13-12(15)11(2)16-3/h10-11H,4-9H2,1-3H3,(H,13,15). The minimum atomic E-state index is -0.348. The first-order valence-corrected chi connectivity index (χ1v) is 6.16. The molecule has 94 valence electrons. The molecule has 1 rings (SSSR count). The van der Waals surface area contributed by atoms with E-state index in [9.17, 15) is 4.79 Å². The van der Waals surface area contributed by atoms with Crippen LogP contribution in [0.2, 0.25) is 0 Å². The van der Waals surface area contributed by atoms with Gasteiger partial charge in [0.1, 0.15) is 6.10 Å². The molecule has 0 aromatic carbocycles. The van der Waals surface area contributed by atoms with Crippen LogP contribution >= 0.6 is 0 Å². The molecule has 1 aliphatic heterocycles. The minimum Gasteiger partial charge on any atom is -0.372 e. The second-order valence-corrected chi connectivity index (χ2v) is 4.74. The van der Waals surface area contributed by atoms with Crippen molar-refractivity contribution in [3.63, 3.8) is 0 Å². The highest BCUT2D eigenvalue weighted by Gasteiger charge is 2.16. The Bertz CT molecular complexity index is 215. The Balaban J connectivity index is 2.13. The van der Waals surface area contributed by atoms with Crippen molar-refractivity contribution in [3.05, 3.63) is 0 Å². The number of methoxy groups -OCH3 is 1. The van der Waals surface area contributed by atoms with Gasteiger partial charge in [-0.3, -0.25) is 4.79 Å². The number of carbonyl (C=O) groups is 1. The third-order valence-corrected chi connectivity index (χ3v) is 3.12. The van der Waals surface area contributed by atoms with Crippen LogP contribution in [0.4, 0.5) is 0 Å². The van der Waals surface area contributed by atoms with Gasteiger partial charge in [-0.05, 0) is 38.8 Å². The van der Waals surface area contributed by atoms with Crippen LogP contribution in [0.15, 0.2) is 0 Å². The van der Waals surface area contributed by atoms with Gasteiger partial charge in [-0.1, -0.05) is 6.92 Å². The second kappa shape index (κ2) is 6.86. The van der Waals surface area contributed by atoms with E-state index < -0.39 is 0 Å². The molecule has 1 aliphatic rings. The maximum Gasteiger partial charge on any atom is 0.248 e. The van der Waals surface area contributed by atoms with E-state index >= 15 is 0 Å². The zero-order valence-corrected chi connectivity index (χ0v) is 10.7. The number of ether oxygens (including phenoxy) is 1. The molecule has 0 aromatic rings. The molecule has 0 radical (unpaired) electrons. The van der Waals surface area contributed by atoms with Gasteiger partial charge in [0.25, 0.3) is 0 Å². The summed E-state index contributed by atoms with van der Waals surface area (Å²) in [5, 5.41) is 2.92. The number of hydrogen-bond acceptors (Lipinski definition) is 3. The van der Waals surface area contributed by atoms with Gasteiger partial charge in [0.2, 0.25) is 5.91 Å². The van der Waals surface area contributed by atoms with Crippen LogP contribution in [0.1, 0.15) is 26.7 Å². The zero-order chi connectivity index (χ0) is 12.0. The Labute approximate surface area is 98.3 Å². The predicted molar refractivity (Wildman–Crippen MR) is 64.3 cm³/mol. The highest BCUT2D eigenvalue weighted by atomic mass is 16.5. The average molecular weight is 228 g/mol. The SMILES string of the molecule is COC(C)C(=O)NCC(C)CN1CCCC1. The van der Waals surface area contributed by atoms with Crippen LogP contribution in [-0.4, -0.2) is 50.2 Å². The molecule has 0 spiro atoms. The first-order valence-electron chi connectivity index (χ1n) is 6.16. The number of nitrogens with zero attached hydrogens (tertiary/aromatic N) is 1. The highest BCUT2D eigenvalue weighted by Crippen LogP contribution is 2.09. The Morgan fingerprint density at radius 3 is 2.56 bits per heavy atom. The van der Waals surface area contributed by atoms with E-state index in [0.29, 0.717) is 5.92 Å². The van der Waals surface area contributed by atoms with Crippen molar-refractivity contribution < 1.29 is 9.53 Å². The molecule has 1 amide bonds. The Hall–Kier alpha value is -0.610. The van der Waals surface area contributed by atoms with E-state index in [1.165, 1.54) is 25.9 Å². The summed E-state index contributed by atoms with van der Waals surface area (Å²) >= 11 is 0. The molecule has 1 fully saturated rings. The molecule has 16 heavy (non-hydrogen) atoms. The molecular weight excluding hydrogens is 204 g/mol. The molecule has 1 saturated heterocycles. The molecule has 0 aromatic heterocycles. The van der Waals surface area contributed by atoms with Gasteiger partial charge in [-0.15, -0.1) is 0 Å². The molecule has 4 nitrogen and oxygen atoms in total. The fourth-order valence-corrected chi connectivity index (χ4v) is 2.00. The lowest BCUT2D eigenvalue weighted by molar-refractivity contribution is -0.130. The number of carbonyl (C=O) groups excluding carboxylic acids is 1. The number of rotatable bonds is 6. The van der Waals surface area contributed by atoms with Crippen LogP contribution in [-0.2, 0) is 9.53 Å². The second-order valence-electron chi connectivity index (χ2n) is 4.74. The number of likely N-dealkylation sites (tertiary alicyclic amines) is 1.